The van der Waals surface area contributed by atoms with E-state index in [9.17, 15) is 4.79 Å². The lowest BCUT2D eigenvalue weighted by Gasteiger charge is -1.99. The Morgan fingerprint density at radius 3 is 2.47 bits per heavy atom. The number of esters is 1. The number of hydrogen-bond donors (Lipinski definition) is 0. The third-order valence-electron chi connectivity index (χ3n) is 2.55. The van der Waals surface area contributed by atoms with E-state index in [1.165, 1.54) is 32.1 Å². The Kier molecular flexibility index (Phi) is 10.7. The highest BCUT2D eigenvalue weighted by molar-refractivity contribution is 5.88. The Balaban J connectivity index is 3.64. The average Bonchev–Trinajstić information content (AvgIpc) is 2.32. The van der Waals surface area contributed by atoms with Gasteiger partial charge in [-0.3, -0.25) is 0 Å². The molecule has 0 radical (unpaired) electrons. The summed E-state index contributed by atoms with van der Waals surface area (Å²) < 4.78 is 4.89. The molecule has 2 heteroatoms. The van der Waals surface area contributed by atoms with E-state index in [1.807, 2.05) is 19.1 Å². The summed E-state index contributed by atoms with van der Waals surface area (Å²) in [4.78, 5) is 11.3. The molecule has 0 saturated carbocycles. The van der Waals surface area contributed by atoms with Crippen LogP contribution in [0.25, 0.3) is 0 Å². The zero-order valence-corrected chi connectivity index (χ0v) is 11.5. The third-order valence-corrected chi connectivity index (χ3v) is 2.55. The Morgan fingerprint density at radius 1 is 1.12 bits per heavy atom. The molecule has 17 heavy (non-hydrogen) atoms. The van der Waals surface area contributed by atoms with Gasteiger partial charge in [0.15, 0.2) is 0 Å². The topological polar surface area (TPSA) is 26.3 Å². The molecule has 0 spiro atoms. The van der Waals surface area contributed by atoms with Crippen LogP contribution in [0.3, 0.4) is 0 Å². The number of carbonyl (C=O) groups is 1. The van der Waals surface area contributed by atoms with Crippen LogP contribution >= 0.6 is 0 Å². The molecular weight excluding hydrogens is 212 g/mol. The van der Waals surface area contributed by atoms with Gasteiger partial charge in [0, 0.05) is 5.57 Å². The minimum atomic E-state index is -0.222. The molecular formula is C15H26O2. The maximum absolute atomic E-state index is 11.3. The van der Waals surface area contributed by atoms with E-state index in [0.717, 1.165) is 6.42 Å². The van der Waals surface area contributed by atoms with Gasteiger partial charge in [0.05, 0.1) is 6.61 Å². The normalized spacial score (nSPS) is 12.1. The van der Waals surface area contributed by atoms with E-state index < -0.39 is 0 Å². The quantitative estimate of drug-likeness (QED) is 0.257. The van der Waals surface area contributed by atoms with Crippen molar-refractivity contribution < 1.29 is 9.53 Å². The number of allylic oxidation sites excluding steroid dienone is 3. The molecule has 0 N–H and O–H groups in total. The van der Waals surface area contributed by atoms with Gasteiger partial charge in [0.1, 0.15) is 0 Å². The number of rotatable bonds is 9. The second-order valence-electron chi connectivity index (χ2n) is 4.20. The zero-order valence-electron chi connectivity index (χ0n) is 11.5. The van der Waals surface area contributed by atoms with Crippen LogP contribution in [0.15, 0.2) is 23.8 Å². The predicted molar refractivity (Wildman–Crippen MR) is 72.9 cm³/mol. The molecule has 0 aliphatic rings. The SMILES string of the molecule is CCCCCCC/C=C/C=C(\C)C(=O)OCC. The Bertz CT molecular complexity index is 252. The average molecular weight is 238 g/mol. The second kappa shape index (κ2) is 11.4. The number of carbonyl (C=O) groups excluding carboxylic acids is 1. The van der Waals surface area contributed by atoms with Crippen LogP contribution in [-0.2, 0) is 9.53 Å². The Morgan fingerprint density at radius 2 is 1.82 bits per heavy atom. The van der Waals surface area contributed by atoms with Crippen molar-refractivity contribution in [1.29, 1.82) is 0 Å². The van der Waals surface area contributed by atoms with Gasteiger partial charge in [-0.15, -0.1) is 0 Å². The fraction of sp³-hybridized carbons (Fsp3) is 0.667. The summed E-state index contributed by atoms with van der Waals surface area (Å²) in [7, 11) is 0. The first-order valence-corrected chi connectivity index (χ1v) is 6.72. The highest BCUT2D eigenvalue weighted by Crippen LogP contribution is 2.05. The summed E-state index contributed by atoms with van der Waals surface area (Å²) in [6.07, 6.45) is 13.5. The smallest absolute Gasteiger partial charge is 0.333 e. The summed E-state index contributed by atoms with van der Waals surface area (Å²) in [5.41, 5.74) is 0.661. The van der Waals surface area contributed by atoms with Crippen LogP contribution in [-0.4, -0.2) is 12.6 Å². The first kappa shape index (κ1) is 16.0. The molecule has 0 rings (SSSR count). The van der Waals surface area contributed by atoms with Gasteiger partial charge in [0.2, 0.25) is 0 Å². The van der Waals surface area contributed by atoms with Gasteiger partial charge in [-0.1, -0.05) is 50.8 Å². The van der Waals surface area contributed by atoms with Crippen molar-refractivity contribution in [1.82, 2.24) is 0 Å². The van der Waals surface area contributed by atoms with Crippen LogP contribution in [0.1, 0.15) is 59.3 Å². The lowest BCUT2D eigenvalue weighted by molar-refractivity contribution is -0.138. The van der Waals surface area contributed by atoms with E-state index in [1.54, 1.807) is 6.92 Å². The summed E-state index contributed by atoms with van der Waals surface area (Å²) >= 11 is 0. The van der Waals surface area contributed by atoms with Crippen LogP contribution in [0.2, 0.25) is 0 Å². The third kappa shape index (κ3) is 9.86. The van der Waals surface area contributed by atoms with Crippen molar-refractivity contribution in [3.05, 3.63) is 23.8 Å². The molecule has 0 saturated heterocycles. The monoisotopic (exact) mass is 238 g/mol. The minimum Gasteiger partial charge on any atom is -0.463 e. The Labute approximate surface area is 106 Å². The predicted octanol–water partition coefficient (Wildman–Crippen LogP) is 4.41. The molecule has 0 aliphatic carbocycles. The summed E-state index contributed by atoms with van der Waals surface area (Å²) in [6.45, 7) is 6.26. The number of unbranched alkanes of at least 4 members (excludes halogenated alkanes) is 5. The minimum absolute atomic E-state index is 0.222. The van der Waals surface area contributed by atoms with Crippen LogP contribution in [0.4, 0.5) is 0 Å². The van der Waals surface area contributed by atoms with E-state index in [-0.39, 0.29) is 5.97 Å². The second-order valence-corrected chi connectivity index (χ2v) is 4.20. The van der Waals surface area contributed by atoms with E-state index in [0.29, 0.717) is 12.2 Å². The van der Waals surface area contributed by atoms with E-state index in [4.69, 9.17) is 4.74 Å². The molecule has 0 aliphatic heterocycles. The zero-order chi connectivity index (χ0) is 12.9. The first-order chi connectivity index (χ1) is 8.22. The first-order valence-electron chi connectivity index (χ1n) is 6.72. The Hall–Kier alpha value is -1.05. The lowest BCUT2D eigenvalue weighted by Crippen LogP contribution is -2.04. The van der Waals surface area contributed by atoms with Crippen LogP contribution in [0.5, 0.6) is 0 Å². The van der Waals surface area contributed by atoms with Crippen molar-refractivity contribution in [2.24, 2.45) is 0 Å². The molecule has 0 unspecified atom stereocenters. The highest BCUT2D eigenvalue weighted by Gasteiger charge is 2.01. The van der Waals surface area contributed by atoms with Crippen LogP contribution in [0, 0.1) is 0 Å². The standard InChI is InChI=1S/C15H26O2/c1-4-6-7-8-9-10-11-12-13-14(3)15(16)17-5-2/h11-13H,4-10H2,1-3H3/b12-11+,14-13+. The van der Waals surface area contributed by atoms with E-state index in [2.05, 4.69) is 13.0 Å². The molecule has 2 nitrogen and oxygen atoms in total. The van der Waals surface area contributed by atoms with Gasteiger partial charge in [-0.2, -0.15) is 0 Å². The molecule has 0 aromatic rings. The summed E-state index contributed by atoms with van der Waals surface area (Å²) in [5.74, 6) is -0.222. The molecule has 0 aromatic carbocycles. The van der Waals surface area contributed by atoms with Crippen molar-refractivity contribution in [3.8, 4) is 0 Å². The summed E-state index contributed by atoms with van der Waals surface area (Å²) in [6, 6.07) is 0. The maximum atomic E-state index is 11.3. The van der Waals surface area contributed by atoms with Crippen molar-refractivity contribution in [2.45, 2.75) is 59.3 Å². The maximum Gasteiger partial charge on any atom is 0.333 e. The largest absolute Gasteiger partial charge is 0.463 e. The van der Waals surface area contributed by atoms with Gasteiger partial charge in [0.25, 0.3) is 0 Å². The molecule has 0 bridgehead atoms. The number of hydrogen-bond acceptors (Lipinski definition) is 2. The number of ether oxygens (including phenoxy) is 1. The fourth-order valence-electron chi connectivity index (χ4n) is 1.49. The van der Waals surface area contributed by atoms with Gasteiger partial charge >= 0.3 is 5.97 Å². The molecule has 0 aromatic heterocycles. The molecule has 0 heterocycles. The van der Waals surface area contributed by atoms with E-state index >= 15 is 0 Å². The van der Waals surface area contributed by atoms with Gasteiger partial charge < -0.3 is 4.74 Å². The molecule has 0 fully saturated rings. The molecule has 0 atom stereocenters. The van der Waals surface area contributed by atoms with Crippen molar-refractivity contribution in [3.63, 3.8) is 0 Å². The van der Waals surface area contributed by atoms with Gasteiger partial charge in [-0.25, -0.2) is 4.79 Å². The fourth-order valence-corrected chi connectivity index (χ4v) is 1.49. The molecule has 0 amide bonds. The highest BCUT2D eigenvalue weighted by atomic mass is 16.5. The van der Waals surface area contributed by atoms with Crippen LogP contribution < -0.4 is 0 Å². The summed E-state index contributed by atoms with van der Waals surface area (Å²) in [5, 5.41) is 0. The van der Waals surface area contributed by atoms with Crippen molar-refractivity contribution >= 4 is 5.97 Å². The van der Waals surface area contributed by atoms with Gasteiger partial charge in [-0.05, 0) is 26.7 Å². The lowest BCUT2D eigenvalue weighted by atomic mass is 10.1. The molecule has 98 valence electrons. The van der Waals surface area contributed by atoms with Crippen molar-refractivity contribution in [2.75, 3.05) is 6.61 Å².